The number of amides is 1. The predicted octanol–water partition coefficient (Wildman–Crippen LogP) is 5.81. The minimum atomic E-state index is -0.259. The highest BCUT2D eigenvalue weighted by molar-refractivity contribution is 7.09. The molecule has 0 bridgehead atoms. The minimum Gasteiger partial charge on any atom is -0.356 e. The number of carbonyl (C=O) groups excluding carboxylic acids is 1. The molecule has 0 unspecified atom stereocenters. The van der Waals surface area contributed by atoms with Crippen LogP contribution >= 0.6 is 11.3 Å². The van der Waals surface area contributed by atoms with Crippen molar-refractivity contribution in [2.45, 2.75) is 39.0 Å². The molecule has 0 radical (unpaired) electrons. The zero-order chi connectivity index (χ0) is 21.6. The molecule has 0 aliphatic rings. The van der Waals surface area contributed by atoms with E-state index in [0.717, 1.165) is 57.7 Å². The van der Waals surface area contributed by atoms with Gasteiger partial charge in [-0.3, -0.25) is 4.79 Å². The van der Waals surface area contributed by atoms with Gasteiger partial charge in [0.05, 0.1) is 5.01 Å². The number of nitrogens with zero attached hydrogens (tertiary/aromatic N) is 1. The van der Waals surface area contributed by atoms with Crippen molar-refractivity contribution in [1.29, 1.82) is 0 Å². The number of carbonyl (C=O) groups is 1. The minimum absolute atomic E-state index is 0.0560. The number of halogens is 1. The van der Waals surface area contributed by atoms with E-state index in [1.807, 2.05) is 25.1 Å². The molecule has 0 aliphatic carbocycles. The first-order chi connectivity index (χ1) is 15.1. The molecule has 4 aromatic rings. The Morgan fingerprint density at radius 3 is 2.68 bits per heavy atom. The number of hydrogen-bond acceptors (Lipinski definition) is 3. The molecule has 0 spiro atoms. The van der Waals surface area contributed by atoms with E-state index in [1.54, 1.807) is 23.5 Å². The SMILES string of the molecule is Cc1csc(CCCCNC(=O)CCc2c(-c3ccc(F)cc3)[nH]c3ccccc23)n1. The van der Waals surface area contributed by atoms with Gasteiger partial charge in [-0.05, 0) is 74.1 Å². The lowest BCUT2D eigenvalue weighted by atomic mass is 10.0. The number of para-hydroxylation sites is 1. The van der Waals surface area contributed by atoms with Crippen molar-refractivity contribution in [3.8, 4) is 11.3 Å². The lowest BCUT2D eigenvalue weighted by molar-refractivity contribution is -0.121. The topological polar surface area (TPSA) is 57.8 Å². The van der Waals surface area contributed by atoms with Crippen LogP contribution in [0, 0.1) is 12.7 Å². The molecule has 160 valence electrons. The normalized spacial score (nSPS) is 11.2. The van der Waals surface area contributed by atoms with Gasteiger partial charge >= 0.3 is 0 Å². The molecule has 2 N–H and O–H groups in total. The van der Waals surface area contributed by atoms with Crippen LogP contribution in [0.5, 0.6) is 0 Å². The summed E-state index contributed by atoms with van der Waals surface area (Å²) in [4.78, 5) is 20.3. The summed E-state index contributed by atoms with van der Waals surface area (Å²) >= 11 is 1.70. The molecule has 4 rings (SSSR count). The summed E-state index contributed by atoms with van der Waals surface area (Å²) in [7, 11) is 0. The van der Waals surface area contributed by atoms with Crippen LogP contribution in [0.15, 0.2) is 53.9 Å². The van der Waals surface area contributed by atoms with Crippen LogP contribution < -0.4 is 5.32 Å². The number of benzene rings is 2. The highest BCUT2D eigenvalue weighted by Crippen LogP contribution is 2.31. The van der Waals surface area contributed by atoms with Gasteiger partial charge in [0, 0.05) is 40.6 Å². The van der Waals surface area contributed by atoms with Crippen LogP contribution in [0.2, 0.25) is 0 Å². The van der Waals surface area contributed by atoms with Gasteiger partial charge in [-0.15, -0.1) is 11.3 Å². The average molecular weight is 436 g/mol. The number of aryl methyl sites for hydroxylation is 3. The molecule has 0 atom stereocenters. The van der Waals surface area contributed by atoms with Gasteiger partial charge in [-0.2, -0.15) is 0 Å². The van der Waals surface area contributed by atoms with Gasteiger partial charge in [0.2, 0.25) is 5.91 Å². The lowest BCUT2D eigenvalue weighted by Gasteiger charge is -2.07. The Kier molecular flexibility index (Phi) is 6.77. The Morgan fingerprint density at radius 1 is 1.10 bits per heavy atom. The summed E-state index contributed by atoms with van der Waals surface area (Å²) < 4.78 is 13.4. The maximum absolute atomic E-state index is 13.4. The van der Waals surface area contributed by atoms with Crippen molar-refractivity contribution in [2.24, 2.45) is 0 Å². The lowest BCUT2D eigenvalue weighted by Crippen LogP contribution is -2.24. The summed E-state index contributed by atoms with van der Waals surface area (Å²) in [5.74, 6) is -0.203. The molecule has 31 heavy (non-hydrogen) atoms. The van der Waals surface area contributed by atoms with Crippen LogP contribution in [0.25, 0.3) is 22.2 Å². The largest absolute Gasteiger partial charge is 0.356 e. The molecule has 0 saturated heterocycles. The Bertz CT molecular complexity index is 1160. The first kappa shape index (κ1) is 21.2. The third-order valence-corrected chi connectivity index (χ3v) is 6.38. The van der Waals surface area contributed by atoms with Gasteiger partial charge in [-0.25, -0.2) is 9.37 Å². The molecule has 0 aliphatic heterocycles. The third-order valence-electron chi connectivity index (χ3n) is 5.35. The number of rotatable bonds is 9. The maximum atomic E-state index is 13.4. The quantitative estimate of drug-likeness (QED) is 0.326. The van der Waals surface area contributed by atoms with Gasteiger partial charge in [0.15, 0.2) is 0 Å². The van der Waals surface area contributed by atoms with Gasteiger partial charge in [0.25, 0.3) is 0 Å². The second kappa shape index (κ2) is 9.88. The number of unbranched alkanes of at least 4 members (excludes halogenated alkanes) is 1. The Balaban J connectivity index is 1.34. The van der Waals surface area contributed by atoms with E-state index in [2.05, 4.69) is 26.7 Å². The highest BCUT2D eigenvalue weighted by atomic mass is 32.1. The molecular formula is C25H26FN3OS. The van der Waals surface area contributed by atoms with Crippen LogP contribution in [0.4, 0.5) is 4.39 Å². The maximum Gasteiger partial charge on any atom is 0.220 e. The molecule has 0 saturated carbocycles. The number of hydrogen-bond donors (Lipinski definition) is 2. The molecule has 2 heterocycles. The number of aromatic amines is 1. The van der Waals surface area contributed by atoms with E-state index in [-0.39, 0.29) is 11.7 Å². The smallest absolute Gasteiger partial charge is 0.220 e. The van der Waals surface area contributed by atoms with Gasteiger partial charge in [0.1, 0.15) is 5.82 Å². The fourth-order valence-corrected chi connectivity index (χ4v) is 4.61. The van der Waals surface area contributed by atoms with E-state index >= 15 is 0 Å². The van der Waals surface area contributed by atoms with Crippen LogP contribution in [-0.2, 0) is 17.6 Å². The van der Waals surface area contributed by atoms with Crippen LogP contribution in [0.3, 0.4) is 0 Å². The first-order valence-corrected chi connectivity index (χ1v) is 11.5. The van der Waals surface area contributed by atoms with E-state index in [4.69, 9.17) is 0 Å². The summed E-state index contributed by atoms with van der Waals surface area (Å²) in [5, 5.41) is 7.38. The third kappa shape index (κ3) is 5.39. The monoisotopic (exact) mass is 435 g/mol. The molecular weight excluding hydrogens is 409 g/mol. The standard InChI is InChI=1S/C25H26FN3OS/c1-17-16-31-24(28-17)8-4-5-15-27-23(30)14-13-21-20-6-2-3-7-22(20)29-25(21)18-9-11-19(26)12-10-18/h2-3,6-7,9-12,16,29H,4-5,8,13-15H2,1H3,(H,27,30). The Hall–Kier alpha value is -2.99. The first-order valence-electron chi connectivity index (χ1n) is 10.6. The van der Waals surface area contributed by atoms with Crippen LogP contribution in [-0.4, -0.2) is 22.4 Å². The predicted molar refractivity (Wildman–Crippen MR) is 125 cm³/mol. The average Bonchev–Trinajstić information content (AvgIpc) is 3.35. The molecule has 0 fully saturated rings. The summed E-state index contributed by atoms with van der Waals surface area (Å²) in [6.45, 7) is 2.69. The molecule has 6 heteroatoms. The molecule has 2 aromatic carbocycles. The van der Waals surface area contributed by atoms with Crippen molar-refractivity contribution < 1.29 is 9.18 Å². The van der Waals surface area contributed by atoms with Gasteiger partial charge in [-0.1, -0.05) is 18.2 Å². The molecule has 4 nitrogen and oxygen atoms in total. The van der Waals surface area contributed by atoms with E-state index in [9.17, 15) is 9.18 Å². The van der Waals surface area contributed by atoms with Crippen LogP contribution in [0.1, 0.15) is 35.5 Å². The van der Waals surface area contributed by atoms with Crippen molar-refractivity contribution in [2.75, 3.05) is 6.54 Å². The summed E-state index contributed by atoms with van der Waals surface area (Å²) in [6.07, 6.45) is 3.97. The van der Waals surface area contributed by atoms with E-state index in [1.165, 1.54) is 12.1 Å². The van der Waals surface area contributed by atoms with Crippen molar-refractivity contribution in [3.05, 3.63) is 76.0 Å². The van der Waals surface area contributed by atoms with Crippen molar-refractivity contribution >= 4 is 28.1 Å². The number of aromatic nitrogens is 2. The fourth-order valence-electron chi connectivity index (χ4n) is 3.80. The number of H-pyrrole nitrogens is 1. The number of nitrogens with one attached hydrogen (secondary N) is 2. The molecule has 1 amide bonds. The van der Waals surface area contributed by atoms with E-state index < -0.39 is 0 Å². The zero-order valence-corrected chi connectivity index (χ0v) is 18.4. The Morgan fingerprint density at radius 2 is 1.90 bits per heavy atom. The fraction of sp³-hybridized carbons (Fsp3) is 0.280. The summed E-state index contributed by atoms with van der Waals surface area (Å²) in [6, 6.07) is 14.5. The van der Waals surface area contributed by atoms with E-state index in [0.29, 0.717) is 19.4 Å². The van der Waals surface area contributed by atoms with Crippen molar-refractivity contribution in [1.82, 2.24) is 15.3 Å². The Labute approximate surface area is 185 Å². The summed E-state index contributed by atoms with van der Waals surface area (Å²) in [5.41, 5.74) is 5.06. The number of fused-ring (bicyclic) bond motifs is 1. The molecule has 2 aromatic heterocycles. The van der Waals surface area contributed by atoms with Crippen molar-refractivity contribution in [3.63, 3.8) is 0 Å². The highest BCUT2D eigenvalue weighted by Gasteiger charge is 2.14. The zero-order valence-electron chi connectivity index (χ0n) is 17.6. The second-order valence-corrected chi connectivity index (χ2v) is 8.66. The second-order valence-electron chi connectivity index (χ2n) is 7.72. The van der Waals surface area contributed by atoms with Gasteiger partial charge < -0.3 is 10.3 Å². The number of thiazole rings is 1.